The molecule has 0 aliphatic rings. The largest absolute Gasteiger partial charge is 0.311 e. The molecule has 3 rings (SSSR count). The molecule has 0 fully saturated rings. The van der Waals surface area contributed by atoms with Crippen molar-refractivity contribution in [2.45, 2.75) is 24.0 Å². The van der Waals surface area contributed by atoms with Crippen LogP contribution in [0.25, 0.3) is 0 Å². The molecule has 0 saturated carbocycles. The Labute approximate surface area is 169 Å². The van der Waals surface area contributed by atoms with Crippen LogP contribution in [-0.2, 0) is 10.0 Å². The summed E-state index contributed by atoms with van der Waals surface area (Å²) in [5, 5.41) is 1.70. The first-order valence-electron chi connectivity index (χ1n) is 8.82. The molecule has 0 spiro atoms. The fourth-order valence-electron chi connectivity index (χ4n) is 2.74. The Morgan fingerprint density at radius 3 is 2.46 bits per heavy atom. The van der Waals surface area contributed by atoms with Crippen molar-refractivity contribution in [3.63, 3.8) is 0 Å². The van der Waals surface area contributed by atoms with Gasteiger partial charge in [0.1, 0.15) is 4.21 Å². The Kier molecular flexibility index (Phi) is 5.86. The predicted octanol–water partition coefficient (Wildman–Crippen LogP) is 4.95. The molecule has 1 amide bonds. The van der Waals surface area contributed by atoms with Gasteiger partial charge in [0, 0.05) is 24.0 Å². The van der Waals surface area contributed by atoms with Crippen molar-refractivity contribution in [3.8, 4) is 0 Å². The molecule has 28 heavy (non-hydrogen) atoms. The number of rotatable bonds is 6. The van der Waals surface area contributed by atoms with Gasteiger partial charge < -0.3 is 4.90 Å². The van der Waals surface area contributed by atoms with Crippen molar-refractivity contribution in [3.05, 3.63) is 77.2 Å². The van der Waals surface area contributed by atoms with Crippen LogP contribution >= 0.6 is 11.3 Å². The van der Waals surface area contributed by atoms with E-state index >= 15 is 0 Å². The van der Waals surface area contributed by atoms with Gasteiger partial charge in [0.15, 0.2) is 0 Å². The second-order valence-electron chi connectivity index (χ2n) is 6.73. The van der Waals surface area contributed by atoms with Gasteiger partial charge in [-0.05, 0) is 53.3 Å². The van der Waals surface area contributed by atoms with Crippen LogP contribution in [0, 0.1) is 0 Å². The van der Waals surface area contributed by atoms with Crippen LogP contribution in [0.4, 0.5) is 11.4 Å². The van der Waals surface area contributed by atoms with Gasteiger partial charge in [0.05, 0.1) is 0 Å². The van der Waals surface area contributed by atoms with Gasteiger partial charge in [-0.2, -0.15) is 0 Å². The molecule has 0 aliphatic carbocycles. The number of anilines is 2. The second kappa shape index (κ2) is 8.16. The van der Waals surface area contributed by atoms with E-state index in [2.05, 4.69) is 18.6 Å². The summed E-state index contributed by atoms with van der Waals surface area (Å²) in [5.41, 5.74) is 2.70. The lowest BCUT2D eigenvalue weighted by Gasteiger charge is -2.19. The van der Waals surface area contributed by atoms with Gasteiger partial charge in [-0.25, -0.2) is 8.42 Å². The molecule has 5 nitrogen and oxygen atoms in total. The fraction of sp³-hybridized carbons (Fsp3) is 0.190. The zero-order valence-electron chi connectivity index (χ0n) is 15.9. The molecule has 0 radical (unpaired) electrons. The minimum atomic E-state index is -3.66. The smallest absolute Gasteiger partial charge is 0.271 e. The number of thiophene rings is 1. The van der Waals surface area contributed by atoms with Crippen molar-refractivity contribution in [1.29, 1.82) is 0 Å². The third-order valence-electron chi connectivity index (χ3n) is 4.35. The summed E-state index contributed by atoms with van der Waals surface area (Å²) in [6.07, 6.45) is 0. The zero-order valence-corrected chi connectivity index (χ0v) is 17.5. The van der Waals surface area contributed by atoms with E-state index in [1.807, 2.05) is 24.3 Å². The maximum atomic E-state index is 12.9. The maximum Gasteiger partial charge on any atom is 0.271 e. The van der Waals surface area contributed by atoms with Crippen LogP contribution in [0.1, 0.15) is 35.7 Å². The molecule has 0 bridgehead atoms. The molecular formula is C21H22N2O3S2. The Morgan fingerprint density at radius 1 is 1.04 bits per heavy atom. The number of carbonyl (C=O) groups is 1. The highest BCUT2D eigenvalue weighted by Gasteiger charge is 2.18. The van der Waals surface area contributed by atoms with E-state index in [4.69, 9.17) is 0 Å². The van der Waals surface area contributed by atoms with E-state index in [9.17, 15) is 13.2 Å². The van der Waals surface area contributed by atoms with E-state index < -0.39 is 10.0 Å². The highest BCUT2D eigenvalue weighted by molar-refractivity contribution is 7.94. The van der Waals surface area contributed by atoms with Crippen LogP contribution < -0.4 is 9.62 Å². The van der Waals surface area contributed by atoms with E-state index in [1.54, 1.807) is 47.7 Å². The molecule has 0 atom stereocenters. The summed E-state index contributed by atoms with van der Waals surface area (Å²) in [6.45, 7) is 4.20. The molecule has 146 valence electrons. The standard InChI is InChI=1S/C21H22N2O3S2/c1-15(2)16-7-5-10-19(14-16)23(3)21(24)17-8-4-9-18(13-17)22-28(25,26)20-11-6-12-27-20/h4-15,22H,1-3H3. The van der Waals surface area contributed by atoms with Crippen molar-refractivity contribution in [2.75, 3.05) is 16.7 Å². The number of sulfonamides is 1. The van der Waals surface area contributed by atoms with E-state index in [1.165, 1.54) is 6.07 Å². The Hall–Kier alpha value is -2.64. The van der Waals surface area contributed by atoms with Gasteiger partial charge in [-0.1, -0.05) is 38.1 Å². The third-order valence-corrected chi connectivity index (χ3v) is 7.13. The minimum Gasteiger partial charge on any atom is -0.311 e. The van der Waals surface area contributed by atoms with E-state index in [0.29, 0.717) is 17.2 Å². The van der Waals surface area contributed by atoms with E-state index in [0.717, 1.165) is 22.6 Å². The molecule has 3 aromatic rings. The summed E-state index contributed by atoms with van der Waals surface area (Å²) in [5.74, 6) is 0.150. The average molecular weight is 415 g/mol. The normalized spacial score (nSPS) is 11.4. The number of amides is 1. The summed E-state index contributed by atoms with van der Waals surface area (Å²) in [6, 6.07) is 17.6. The molecule has 1 heterocycles. The van der Waals surface area contributed by atoms with E-state index in [-0.39, 0.29) is 10.1 Å². The molecule has 0 aliphatic heterocycles. The summed E-state index contributed by atoms with van der Waals surface area (Å²) < 4.78 is 27.6. The van der Waals surface area contributed by atoms with Gasteiger partial charge in [-0.3, -0.25) is 9.52 Å². The first kappa shape index (κ1) is 20.1. The quantitative estimate of drug-likeness (QED) is 0.621. The number of nitrogens with zero attached hydrogens (tertiary/aromatic N) is 1. The minimum absolute atomic E-state index is 0.210. The third kappa shape index (κ3) is 4.43. The van der Waals surface area contributed by atoms with Crippen LogP contribution in [0.15, 0.2) is 70.3 Å². The molecule has 2 aromatic carbocycles. The van der Waals surface area contributed by atoms with Gasteiger partial charge >= 0.3 is 0 Å². The predicted molar refractivity (Wildman–Crippen MR) is 115 cm³/mol. The fourth-order valence-corrected chi connectivity index (χ4v) is 4.78. The van der Waals surface area contributed by atoms with Gasteiger partial charge in [-0.15, -0.1) is 11.3 Å². The summed E-state index contributed by atoms with van der Waals surface area (Å²) >= 11 is 1.14. The molecule has 1 N–H and O–H groups in total. The van der Waals surface area contributed by atoms with Gasteiger partial charge in [0.2, 0.25) is 0 Å². The number of carbonyl (C=O) groups excluding carboxylic acids is 1. The van der Waals surface area contributed by atoms with Crippen molar-refractivity contribution in [1.82, 2.24) is 0 Å². The molecule has 1 aromatic heterocycles. The lowest BCUT2D eigenvalue weighted by Crippen LogP contribution is -2.26. The lowest BCUT2D eigenvalue weighted by molar-refractivity contribution is 0.0993. The monoisotopic (exact) mass is 414 g/mol. The second-order valence-corrected chi connectivity index (χ2v) is 9.59. The molecule has 0 saturated heterocycles. The molecule has 7 heteroatoms. The first-order chi connectivity index (χ1) is 13.3. The topological polar surface area (TPSA) is 66.5 Å². The lowest BCUT2D eigenvalue weighted by atomic mass is 10.0. The van der Waals surface area contributed by atoms with Crippen molar-refractivity contribution < 1.29 is 13.2 Å². The number of nitrogens with one attached hydrogen (secondary N) is 1. The van der Waals surface area contributed by atoms with Crippen molar-refractivity contribution in [2.24, 2.45) is 0 Å². The van der Waals surface area contributed by atoms with Crippen molar-refractivity contribution >= 4 is 38.6 Å². The number of hydrogen-bond acceptors (Lipinski definition) is 4. The summed E-state index contributed by atoms with van der Waals surface area (Å²) in [4.78, 5) is 14.5. The van der Waals surface area contributed by atoms with Gasteiger partial charge in [0.25, 0.3) is 15.9 Å². The average Bonchev–Trinajstić information content (AvgIpc) is 3.22. The zero-order chi connectivity index (χ0) is 20.3. The Bertz CT molecular complexity index is 1070. The maximum absolute atomic E-state index is 12.9. The van der Waals surface area contributed by atoms with Crippen LogP contribution in [0.2, 0.25) is 0 Å². The Balaban J connectivity index is 1.83. The highest BCUT2D eigenvalue weighted by Crippen LogP contribution is 2.24. The SMILES string of the molecule is CC(C)c1cccc(N(C)C(=O)c2cccc(NS(=O)(=O)c3cccs3)c2)c1. The first-order valence-corrected chi connectivity index (χ1v) is 11.2. The Morgan fingerprint density at radius 2 is 1.79 bits per heavy atom. The number of hydrogen-bond donors (Lipinski definition) is 1. The summed E-state index contributed by atoms with van der Waals surface area (Å²) in [7, 11) is -1.94. The van der Waals surface area contributed by atoms with Crippen LogP contribution in [0.3, 0.4) is 0 Å². The van der Waals surface area contributed by atoms with Crippen LogP contribution in [-0.4, -0.2) is 21.4 Å². The highest BCUT2D eigenvalue weighted by atomic mass is 32.2. The van der Waals surface area contributed by atoms with Crippen LogP contribution in [0.5, 0.6) is 0 Å². The molecular weight excluding hydrogens is 392 g/mol. The number of benzene rings is 2. The molecule has 0 unspecified atom stereocenters.